The Bertz CT molecular complexity index is 724. The van der Waals surface area contributed by atoms with Crippen LogP contribution in [0.4, 0.5) is 11.4 Å². The van der Waals surface area contributed by atoms with Crippen LogP contribution in [0.5, 0.6) is 5.75 Å². The molecule has 0 saturated carbocycles. The predicted molar refractivity (Wildman–Crippen MR) is 95.4 cm³/mol. The first kappa shape index (κ1) is 17.5. The molecule has 2 amide bonds. The summed E-state index contributed by atoms with van der Waals surface area (Å²) in [4.78, 5) is 23.4. The monoisotopic (exact) mass is 326 g/mol. The summed E-state index contributed by atoms with van der Waals surface area (Å²) in [6, 6.07) is 13.3. The lowest BCUT2D eigenvalue weighted by atomic mass is 10.1. The summed E-state index contributed by atoms with van der Waals surface area (Å²) in [5.74, 6) is 0.272. The van der Waals surface area contributed by atoms with E-state index in [0.29, 0.717) is 30.0 Å². The number of ether oxygens (including phenoxy) is 1. The van der Waals surface area contributed by atoms with Crippen molar-refractivity contribution in [1.82, 2.24) is 0 Å². The summed E-state index contributed by atoms with van der Waals surface area (Å²) in [5.41, 5.74) is 3.48. The SMILES string of the molecule is COc1ccc(NC(=O)CCc2ccc(C)cc2)cc1NC(C)=O. The second kappa shape index (κ2) is 8.15. The van der Waals surface area contributed by atoms with Gasteiger partial charge in [-0.2, -0.15) is 0 Å². The Morgan fingerprint density at radius 2 is 1.75 bits per heavy atom. The van der Waals surface area contributed by atoms with Gasteiger partial charge in [0.1, 0.15) is 5.75 Å². The zero-order valence-corrected chi connectivity index (χ0v) is 14.2. The van der Waals surface area contributed by atoms with Gasteiger partial charge in [-0.15, -0.1) is 0 Å². The fourth-order valence-electron chi connectivity index (χ4n) is 2.31. The Morgan fingerprint density at radius 1 is 1.04 bits per heavy atom. The highest BCUT2D eigenvalue weighted by Crippen LogP contribution is 2.27. The molecule has 0 aliphatic rings. The fraction of sp³-hybridized carbons (Fsp3) is 0.263. The van der Waals surface area contributed by atoms with Crippen LogP contribution in [0.25, 0.3) is 0 Å². The molecule has 0 spiro atoms. The highest BCUT2D eigenvalue weighted by molar-refractivity contribution is 5.94. The summed E-state index contributed by atoms with van der Waals surface area (Å²) in [6.45, 7) is 3.46. The summed E-state index contributed by atoms with van der Waals surface area (Å²) in [7, 11) is 1.53. The molecular weight excluding hydrogens is 304 g/mol. The highest BCUT2D eigenvalue weighted by atomic mass is 16.5. The van der Waals surface area contributed by atoms with Crippen LogP contribution in [0, 0.1) is 6.92 Å². The van der Waals surface area contributed by atoms with Crippen molar-refractivity contribution in [3.63, 3.8) is 0 Å². The van der Waals surface area contributed by atoms with Crippen molar-refractivity contribution in [2.24, 2.45) is 0 Å². The number of amides is 2. The minimum atomic E-state index is -0.198. The molecule has 0 atom stereocenters. The largest absolute Gasteiger partial charge is 0.495 e. The number of methoxy groups -OCH3 is 1. The first-order valence-electron chi connectivity index (χ1n) is 7.79. The molecule has 2 rings (SSSR count). The van der Waals surface area contributed by atoms with Gasteiger partial charge >= 0.3 is 0 Å². The zero-order chi connectivity index (χ0) is 17.5. The van der Waals surface area contributed by atoms with E-state index in [9.17, 15) is 9.59 Å². The Labute approximate surface area is 142 Å². The van der Waals surface area contributed by atoms with Crippen LogP contribution < -0.4 is 15.4 Å². The van der Waals surface area contributed by atoms with E-state index in [4.69, 9.17) is 4.74 Å². The van der Waals surface area contributed by atoms with E-state index < -0.39 is 0 Å². The maximum atomic E-state index is 12.1. The maximum absolute atomic E-state index is 12.1. The van der Waals surface area contributed by atoms with Gasteiger partial charge in [0.05, 0.1) is 12.8 Å². The number of anilines is 2. The van der Waals surface area contributed by atoms with E-state index in [1.165, 1.54) is 19.6 Å². The van der Waals surface area contributed by atoms with Crippen molar-refractivity contribution in [3.8, 4) is 5.75 Å². The first-order valence-corrected chi connectivity index (χ1v) is 7.79. The van der Waals surface area contributed by atoms with Crippen LogP contribution >= 0.6 is 0 Å². The molecule has 0 unspecified atom stereocenters. The van der Waals surface area contributed by atoms with Gasteiger partial charge in [0.25, 0.3) is 0 Å². The molecule has 126 valence electrons. The Hall–Kier alpha value is -2.82. The van der Waals surface area contributed by atoms with Crippen molar-refractivity contribution in [2.75, 3.05) is 17.7 Å². The number of benzene rings is 2. The minimum absolute atomic E-state index is 0.0745. The van der Waals surface area contributed by atoms with Crippen LogP contribution in [-0.2, 0) is 16.0 Å². The molecule has 0 aromatic heterocycles. The van der Waals surface area contributed by atoms with Crippen molar-refractivity contribution < 1.29 is 14.3 Å². The minimum Gasteiger partial charge on any atom is -0.495 e. The lowest BCUT2D eigenvalue weighted by molar-refractivity contribution is -0.116. The maximum Gasteiger partial charge on any atom is 0.224 e. The smallest absolute Gasteiger partial charge is 0.224 e. The molecule has 2 N–H and O–H groups in total. The topological polar surface area (TPSA) is 67.4 Å². The van der Waals surface area contributed by atoms with Crippen LogP contribution in [0.15, 0.2) is 42.5 Å². The molecule has 5 nitrogen and oxygen atoms in total. The molecule has 0 bridgehead atoms. The van der Waals surface area contributed by atoms with Crippen molar-refractivity contribution in [1.29, 1.82) is 0 Å². The third kappa shape index (κ3) is 5.12. The molecule has 2 aromatic rings. The van der Waals surface area contributed by atoms with Gasteiger partial charge in [-0.25, -0.2) is 0 Å². The Morgan fingerprint density at radius 3 is 2.38 bits per heavy atom. The molecule has 2 aromatic carbocycles. The van der Waals surface area contributed by atoms with Crippen molar-refractivity contribution in [2.45, 2.75) is 26.7 Å². The number of hydrogen-bond donors (Lipinski definition) is 2. The third-order valence-corrected chi connectivity index (χ3v) is 3.56. The number of rotatable bonds is 6. The summed E-state index contributed by atoms with van der Waals surface area (Å²) in [6.07, 6.45) is 1.07. The second-order valence-electron chi connectivity index (χ2n) is 5.63. The zero-order valence-electron chi connectivity index (χ0n) is 14.2. The summed E-state index contributed by atoms with van der Waals surface area (Å²) >= 11 is 0. The van der Waals surface area contributed by atoms with Crippen LogP contribution in [0.3, 0.4) is 0 Å². The molecule has 24 heavy (non-hydrogen) atoms. The van der Waals surface area contributed by atoms with E-state index >= 15 is 0 Å². The number of aryl methyl sites for hydroxylation is 2. The molecule has 0 radical (unpaired) electrons. The Balaban J connectivity index is 1.97. The van der Waals surface area contributed by atoms with Crippen LogP contribution in [-0.4, -0.2) is 18.9 Å². The number of hydrogen-bond acceptors (Lipinski definition) is 3. The molecule has 0 saturated heterocycles. The molecule has 0 aliphatic heterocycles. The third-order valence-electron chi connectivity index (χ3n) is 3.56. The van der Waals surface area contributed by atoms with E-state index in [-0.39, 0.29) is 11.8 Å². The van der Waals surface area contributed by atoms with E-state index in [2.05, 4.69) is 10.6 Å². The van der Waals surface area contributed by atoms with E-state index in [1.807, 2.05) is 31.2 Å². The number of nitrogens with one attached hydrogen (secondary N) is 2. The molecular formula is C19H22N2O3. The molecule has 0 heterocycles. The summed E-state index contributed by atoms with van der Waals surface area (Å²) < 4.78 is 5.19. The van der Waals surface area contributed by atoms with Gasteiger partial charge in [0.2, 0.25) is 11.8 Å². The molecule has 5 heteroatoms. The predicted octanol–water partition coefficient (Wildman–Crippen LogP) is 3.53. The lowest BCUT2D eigenvalue weighted by Crippen LogP contribution is -2.13. The quantitative estimate of drug-likeness (QED) is 0.853. The average Bonchev–Trinajstić information content (AvgIpc) is 2.54. The van der Waals surface area contributed by atoms with E-state index in [1.54, 1.807) is 18.2 Å². The lowest BCUT2D eigenvalue weighted by Gasteiger charge is -2.12. The molecule has 0 fully saturated rings. The van der Waals surface area contributed by atoms with Crippen molar-refractivity contribution in [3.05, 3.63) is 53.6 Å². The van der Waals surface area contributed by atoms with Gasteiger partial charge in [0, 0.05) is 19.0 Å². The number of carbonyl (C=O) groups excluding carboxylic acids is 2. The Kier molecular flexibility index (Phi) is 5.95. The fourth-order valence-corrected chi connectivity index (χ4v) is 2.31. The van der Waals surface area contributed by atoms with Crippen LogP contribution in [0.2, 0.25) is 0 Å². The van der Waals surface area contributed by atoms with Gasteiger partial charge in [-0.05, 0) is 37.1 Å². The summed E-state index contributed by atoms with van der Waals surface area (Å²) in [5, 5.41) is 5.53. The highest BCUT2D eigenvalue weighted by Gasteiger charge is 2.08. The van der Waals surface area contributed by atoms with E-state index in [0.717, 1.165) is 5.56 Å². The first-order chi connectivity index (χ1) is 11.5. The number of carbonyl (C=O) groups is 2. The average molecular weight is 326 g/mol. The van der Waals surface area contributed by atoms with Gasteiger partial charge in [-0.3, -0.25) is 9.59 Å². The van der Waals surface area contributed by atoms with Crippen LogP contribution in [0.1, 0.15) is 24.5 Å². The molecule has 0 aliphatic carbocycles. The van der Waals surface area contributed by atoms with Crippen molar-refractivity contribution >= 4 is 23.2 Å². The normalized spacial score (nSPS) is 10.1. The van der Waals surface area contributed by atoms with Gasteiger partial charge in [0.15, 0.2) is 0 Å². The van der Waals surface area contributed by atoms with Gasteiger partial charge < -0.3 is 15.4 Å². The second-order valence-corrected chi connectivity index (χ2v) is 5.63. The van der Waals surface area contributed by atoms with Gasteiger partial charge in [-0.1, -0.05) is 29.8 Å². The standard InChI is InChI=1S/C19H22N2O3/c1-13-4-6-15(7-5-13)8-11-19(23)21-16-9-10-18(24-3)17(12-16)20-14(2)22/h4-7,9-10,12H,8,11H2,1-3H3,(H,20,22)(H,21,23).